The van der Waals surface area contributed by atoms with Crippen LogP contribution >= 0.6 is 0 Å². The Morgan fingerprint density at radius 3 is 2.57 bits per heavy atom. The van der Waals surface area contributed by atoms with E-state index in [2.05, 4.69) is 4.98 Å². The van der Waals surface area contributed by atoms with Gasteiger partial charge in [0, 0.05) is 6.07 Å². The van der Waals surface area contributed by atoms with Gasteiger partial charge >= 0.3 is 0 Å². The lowest BCUT2D eigenvalue weighted by atomic mass is 10.2. The van der Waals surface area contributed by atoms with Crippen LogP contribution in [0.15, 0.2) is 65.5 Å². The molecule has 0 saturated heterocycles. The maximum atomic E-state index is 5.80. The summed E-state index contributed by atoms with van der Waals surface area (Å²) in [5.41, 5.74) is 1.20. The molecule has 0 radical (unpaired) electrons. The van der Waals surface area contributed by atoms with Crippen molar-refractivity contribution in [2.45, 2.75) is 13.5 Å². The fourth-order valence-electron chi connectivity index (χ4n) is 1.84. The van der Waals surface area contributed by atoms with E-state index in [1.54, 1.807) is 6.20 Å². The van der Waals surface area contributed by atoms with E-state index in [4.69, 9.17) is 13.9 Å². The summed E-state index contributed by atoms with van der Waals surface area (Å²) >= 11 is 0. The molecule has 0 spiro atoms. The third-order valence-electron chi connectivity index (χ3n) is 2.93. The largest absolute Gasteiger partial charge is 0.485 e. The van der Waals surface area contributed by atoms with Gasteiger partial charge in [0.15, 0.2) is 12.2 Å². The Hall–Kier alpha value is -2.75. The molecule has 1 aromatic heterocycles. The van der Waals surface area contributed by atoms with E-state index in [1.165, 1.54) is 12.0 Å². The minimum atomic E-state index is 0.341. The van der Waals surface area contributed by atoms with Gasteiger partial charge in [0.2, 0.25) is 0 Å². The van der Waals surface area contributed by atoms with Gasteiger partial charge in [-0.2, -0.15) is 0 Å². The summed E-state index contributed by atoms with van der Waals surface area (Å²) in [6.45, 7) is 2.38. The number of rotatable bonds is 5. The van der Waals surface area contributed by atoms with Crippen LogP contribution < -0.4 is 9.47 Å². The number of aryl methyl sites for hydroxylation is 1. The number of benzene rings is 2. The van der Waals surface area contributed by atoms with E-state index in [-0.39, 0.29) is 0 Å². The Bertz CT molecular complexity index is 690. The third-order valence-corrected chi connectivity index (χ3v) is 2.93. The molecule has 3 aromatic rings. The number of ether oxygens (including phenoxy) is 2. The van der Waals surface area contributed by atoms with Gasteiger partial charge in [0.25, 0.3) is 0 Å². The molecule has 0 unspecified atom stereocenters. The first kappa shape index (κ1) is 13.2. The van der Waals surface area contributed by atoms with Crippen LogP contribution in [0.4, 0.5) is 0 Å². The summed E-state index contributed by atoms with van der Waals surface area (Å²) in [7, 11) is 0. The van der Waals surface area contributed by atoms with Crippen LogP contribution in [0.2, 0.25) is 0 Å². The Morgan fingerprint density at radius 2 is 1.81 bits per heavy atom. The Morgan fingerprint density at radius 1 is 1.00 bits per heavy atom. The lowest BCUT2D eigenvalue weighted by Crippen LogP contribution is -1.94. The zero-order chi connectivity index (χ0) is 14.5. The van der Waals surface area contributed by atoms with Crippen LogP contribution in [0, 0.1) is 6.92 Å². The number of hydrogen-bond donors (Lipinski definition) is 0. The van der Waals surface area contributed by atoms with Crippen molar-refractivity contribution in [2.24, 2.45) is 0 Å². The highest BCUT2D eigenvalue weighted by molar-refractivity contribution is 5.37. The monoisotopic (exact) mass is 281 g/mol. The number of aromatic nitrogens is 1. The molecule has 4 nitrogen and oxygen atoms in total. The molecule has 1 heterocycles. The summed E-state index contributed by atoms with van der Waals surface area (Å²) in [5, 5.41) is 0. The zero-order valence-corrected chi connectivity index (χ0v) is 11.7. The van der Waals surface area contributed by atoms with Crippen LogP contribution in [0.5, 0.6) is 17.2 Å². The van der Waals surface area contributed by atoms with E-state index in [0.29, 0.717) is 12.4 Å². The molecule has 0 saturated carbocycles. The van der Waals surface area contributed by atoms with E-state index in [0.717, 1.165) is 17.2 Å². The average molecular weight is 281 g/mol. The molecule has 0 aliphatic heterocycles. The third kappa shape index (κ3) is 3.63. The van der Waals surface area contributed by atoms with Gasteiger partial charge in [-0.3, -0.25) is 0 Å². The maximum Gasteiger partial charge on any atom is 0.181 e. The number of oxazole rings is 1. The minimum absolute atomic E-state index is 0.341. The van der Waals surface area contributed by atoms with Crippen molar-refractivity contribution in [3.63, 3.8) is 0 Å². The molecule has 0 fully saturated rings. The summed E-state index contributed by atoms with van der Waals surface area (Å²) in [6.07, 6.45) is 3.02. The van der Waals surface area contributed by atoms with E-state index >= 15 is 0 Å². The second-order valence-corrected chi connectivity index (χ2v) is 4.65. The van der Waals surface area contributed by atoms with Crippen LogP contribution in [-0.4, -0.2) is 4.98 Å². The maximum absolute atomic E-state index is 5.80. The minimum Gasteiger partial charge on any atom is -0.485 e. The van der Waals surface area contributed by atoms with Crippen molar-refractivity contribution in [1.82, 2.24) is 4.98 Å². The van der Waals surface area contributed by atoms with Gasteiger partial charge in [-0.15, -0.1) is 0 Å². The van der Waals surface area contributed by atoms with E-state index in [9.17, 15) is 0 Å². The predicted molar refractivity (Wildman–Crippen MR) is 78.5 cm³/mol. The van der Waals surface area contributed by atoms with Crippen LogP contribution in [0.25, 0.3) is 0 Å². The first-order valence-corrected chi connectivity index (χ1v) is 6.64. The topological polar surface area (TPSA) is 44.5 Å². The molecule has 4 heteroatoms. The summed E-state index contributed by atoms with van der Waals surface area (Å²) < 4.78 is 16.6. The van der Waals surface area contributed by atoms with Gasteiger partial charge in [-0.05, 0) is 31.2 Å². The molecule has 21 heavy (non-hydrogen) atoms. The molecule has 0 amide bonds. The second kappa shape index (κ2) is 6.13. The number of nitrogens with zero attached hydrogens (tertiary/aromatic N) is 1. The lowest BCUT2D eigenvalue weighted by molar-refractivity contribution is 0.269. The fourth-order valence-corrected chi connectivity index (χ4v) is 1.84. The smallest absolute Gasteiger partial charge is 0.181 e. The highest BCUT2D eigenvalue weighted by atomic mass is 16.5. The Labute approximate surface area is 123 Å². The van der Waals surface area contributed by atoms with Crippen molar-refractivity contribution < 1.29 is 13.9 Å². The van der Waals surface area contributed by atoms with Crippen LogP contribution in [0.1, 0.15) is 11.3 Å². The highest BCUT2D eigenvalue weighted by Crippen LogP contribution is 2.25. The number of hydrogen-bond acceptors (Lipinski definition) is 4. The first-order chi connectivity index (χ1) is 10.3. The quantitative estimate of drug-likeness (QED) is 0.697. The van der Waals surface area contributed by atoms with Crippen molar-refractivity contribution in [1.29, 1.82) is 0 Å². The normalized spacial score (nSPS) is 10.3. The van der Waals surface area contributed by atoms with Gasteiger partial charge in [-0.1, -0.05) is 23.8 Å². The zero-order valence-electron chi connectivity index (χ0n) is 11.7. The molecular weight excluding hydrogens is 266 g/mol. The molecular formula is C17H15NO3. The van der Waals surface area contributed by atoms with E-state index in [1.807, 2.05) is 55.5 Å². The van der Waals surface area contributed by atoms with Gasteiger partial charge in [0.1, 0.15) is 23.9 Å². The van der Waals surface area contributed by atoms with Crippen molar-refractivity contribution in [3.8, 4) is 17.2 Å². The second-order valence-electron chi connectivity index (χ2n) is 4.65. The highest BCUT2D eigenvalue weighted by Gasteiger charge is 2.02. The fraction of sp³-hybridized carbons (Fsp3) is 0.118. The first-order valence-electron chi connectivity index (χ1n) is 6.64. The summed E-state index contributed by atoms with van der Waals surface area (Å²) in [4.78, 5) is 3.84. The summed E-state index contributed by atoms with van der Waals surface area (Å²) in [6, 6.07) is 15.4. The lowest BCUT2D eigenvalue weighted by Gasteiger charge is -2.08. The standard InChI is InChI=1S/C17H15NO3/c1-13-5-7-14(8-6-13)21-16-4-2-3-15(9-16)19-11-17-10-18-12-20-17/h2-10,12H,11H2,1H3. The van der Waals surface area contributed by atoms with Crippen LogP contribution in [-0.2, 0) is 6.61 Å². The van der Waals surface area contributed by atoms with Crippen LogP contribution in [0.3, 0.4) is 0 Å². The average Bonchev–Trinajstić information content (AvgIpc) is 3.01. The Kier molecular flexibility index (Phi) is 3.87. The SMILES string of the molecule is Cc1ccc(Oc2cccc(OCc3cnco3)c2)cc1. The van der Waals surface area contributed by atoms with E-state index < -0.39 is 0 Å². The summed E-state index contributed by atoms with van der Waals surface area (Å²) in [5.74, 6) is 2.93. The molecule has 106 valence electrons. The van der Waals surface area contributed by atoms with Gasteiger partial charge < -0.3 is 13.9 Å². The molecule has 0 aliphatic rings. The molecule has 0 N–H and O–H groups in total. The molecule has 0 atom stereocenters. The molecule has 2 aromatic carbocycles. The van der Waals surface area contributed by atoms with Gasteiger partial charge in [0.05, 0.1) is 6.20 Å². The molecule has 0 bridgehead atoms. The molecule has 3 rings (SSSR count). The van der Waals surface area contributed by atoms with Crippen molar-refractivity contribution in [2.75, 3.05) is 0 Å². The molecule has 0 aliphatic carbocycles. The van der Waals surface area contributed by atoms with Gasteiger partial charge in [-0.25, -0.2) is 4.98 Å². The van der Waals surface area contributed by atoms with Crippen molar-refractivity contribution >= 4 is 0 Å². The van der Waals surface area contributed by atoms with Crippen molar-refractivity contribution in [3.05, 3.63) is 72.4 Å². The Balaban J connectivity index is 1.66. The predicted octanol–water partition coefficient (Wildman–Crippen LogP) is 4.35.